The summed E-state index contributed by atoms with van der Waals surface area (Å²) in [6.07, 6.45) is 7.69. The number of hydrogen-bond acceptors (Lipinski definition) is 6. The molecule has 0 bridgehead atoms. The lowest BCUT2D eigenvalue weighted by Gasteiger charge is -2.30. The van der Waals surface area contributed by atoms with Gasteiger partial charge in [-0.05, 0) is 52.0 Å². The number of likely N-dealkylation sites (tertiary alicyclic amines) is 1. The van der Waals surface area contributed by atoms with Crippen LogP contribution in [0.4, 0.5) is 0 Å². The number of fused-ring (bicyclic) bond motifs is 1. The Morgan fingerprint density at radius 1 is 1.14 bits per heavy atom. The third-order valence-corrected chi connectivity index (χ3v) is 6.79. The largest absolute Gasteiger partial charge is 0.296 e. The third-order valence-electron chi connectivity index (χ3n) is 4.64. The molecule has 0 saturated carbocycles. The molecular formula is C16H22N4S2. The van der Waals surface area contributed by atoms with E-state index in [-0.39, 0.29) is 0 Å². The van der Waals surface area contributed by atoms with Crippen LogP contribution in [0.3, 0.4) is 0 Å². The van der Waals surface area contributed by atoms with Crippen molar-refractivity contribution >= 4 is 22.7 Å². The Kier molecular flexibility index (Phi) is 4.24. The highest BCUT2D eigenvalue weighted by atomic mass is 32.1. The summed E-state index contributed by atoms with van der Waals surface area (Å²) in [5.41, 5.74) is 1.41. The highest BCUT2D eigenvalue weighted by Crippen LogP contribution is 2.35. The summed E-state index contributed by atoms with van der Waals surface area (Å²) in [5.74, 6) is 0.623. The first-order valence-electron chi connectivity index (χ1n) is 8.28. The average Bonchev–Trinajstić information content (AvgIpc) is 3.13. The second kappa shape index (κ2) is 6.34. The Balaban J connectivity index is 1.45. The second-order valence-corrected chi connectivity index (χ2v) is 8.80. The van der Waals surface area contributed by atoms with Gasteiger partial charge in [-0.15, -0.1) is 32.9 Å². The van der Waals surface area contributed by atoms with E-state index in [9.17, 15) is 0 Å². The highest BCUT2D eigenvalue weighted by molar-refractivity contribution is 7.12. The fourth-order valence-electron chi connectivity index (χ4n) is 3.54. The van der Waals surface area contributed by atoms with Gasteiger partial charge < -0.3 is 0 Å². The van der Waals surface area contributed by atoms with Crippen LogP contribution in [0.1, 0.15) is 57.2 Å². The number of rotatable bonds is 3. The van der Waals surface area contributed by atoms with E-state index in [0.29, 0.717) is 5.92 Å². The maximum atomic E-state index is 4.99. The van der Waals surface area contributed by atoms with Crippen molar-refractivity contribution in [2.24, 2.45) is 0 Å². The molecule has 1 saturated heterocycles. The van der Waals surface area contributed by atoms with Gasteiger partial charge in [0.2, 0.25) is 0 Å². The molecule has 2 aromatic heterocycles. The van der Waals surface area contributed by atoms with Crippen LogP contribution in [-0.2, 0) is 19.4 Å². The Bertz CT molecular complexity index is 625. The van der Waals surface area contributed by atoms with E-state index in [4.69, 9.17) is 4.98 Å². The number of nitrogens with zero attached hydrogens (tertiary/aromatic N) is 4. The Labute approximate surface area is 139 Å². The van der Waals surface area contributed by atoms with Crippen LogP contribution in [0, 0.1) is 6.92 Å². The first kappa shape index (κ1) is 14.7. The molecule has 0 N–H and O–H groups in total. The molecule has 2 aliphatic rings. The van der Waals surface area contributed by atoms with Crippen molar-refractivity contribution in [3.8, 4) is 0 Å². The maximum Gasteiger partial charge on any atom is 0.131 e. The van der Waals surface area contributed by atoms with Gasteiger partial charge in [0, 0.05) is 17.3 Å². The van der Waals surface area contributed by atoms with E-state index < -0.39 is 0 Å². The molecule has 2 aromatic rings. The van der Waals surface area contributed by atoms with Gasteiger partial charge in [-0.1, -0.05) is 0 Å². The molecular weight excluding hydrogens is 312 g/mol. The zero-order valence-corrected chi connectivity index (χ0v) is 14.7. The number of aryl methyl sites for hydroxylation is 3. The molecule has 4 rings (SSSR count). The molecule has 1 aliphatic heterocycles. The smallest absolute Gasteiger partial charge is 0.131 e. The summed E-state index contributed by atoms with van der Waals surface area (Å²) in [5, 5.41) is 12.0. The number of aromatic nitrogens is 3. The van der Waals surface area contributed by atoms with Gasteiger partial charge in [0.1, 0.15) is 10.0 Å². The van der Waals surface area contributed by atoms with Gasteiger partial charge >= 0.3 is 0 Å². The number of piperidine rings is 1. The van der Waals surface area contributed by atoms with Crippen LogP contribution >= 0.6 is 22.7 Å². The Morgan fingerprint density at radius 2 is 2.05 bits per heavy atom. The summed E-state index contributed by atoms with van der Waals surface area (Å²) < 4.78 is 0. The minimum Gasteiger partial charge on any atom is -0.296 e. The van der Waals surface area contributed by atoms with Gasteiger partial charge in [-0.2, -0.15) is 0 Å². The third kappa shape index (κ3) is 3.09. The van der Waals surface area contributed by atoms with E-state index in [1.54, 1.807) is 16.2 Å². The lowest BCUT2D eigenvalue weighted by atomic mass is 9.98. The summed E-state index contributed by atoms with van der Waals surface area (Å²) in [4.78, 5) is 9.09. The number of thiazole rings is 1. The predicted molar refractivity (Wildman–Crippen MR) is 90.7 cm³/mol. The van der Waals surface area contributed by atoms with Crippen molar-refractivity contribution in [2.45, 2.75) is 57.9 Å². The summed E-state index contributed by atoms with van der Waals surface area (Å²) in [7, 11) is 0. The fraction of sp³-hybridized carbons (Fsp3) is 0.688. The lowest BCUT2D eigenvalue weighted by Crippen LogP contribution is -2.33. The molecule has 0 spiro atoms. The molecule has 3 heterocycles. The molecule has 1 unspecified atom stereocenters. The van der Waals surface area contributed by atoms with E-state index >= 15 is 0 Å². The quantitative estimate of drug-likeness (QED) is 0.861. The van der Waals surface area contributed by atoms with Gasteiger partial charge in [-0.25, -0.2) is 4.98 Å². The van der Waals surface area contributed by atoms with Crippen LogP contribution in [-0.4, -0.2) is 33.2 Å². The van der Waals surface area contributed by atoms with Crippen molar-refractivity contribution in [1.82, 2.24) is 20.1 Å². The molecule has 4 nitrogen and oxygen atoms in total. The second-order valence-electron chi connectivity index (χ2n) is 6.42. The zero-order chi connectivity index (χ0) is 14.9. The topological polar surface area (TPSA) is 41.9 Å². The van der Waals surface area contributed by atoms with Crippen LogP contribution < -0.4 is 0 Å². The lowest BCUT2D eigenvalue weighted by molar-refractivity contribution is 0.199. The first-order valence-corrected chi connectivity index (χ1v) is 9.91. The molecule has 1 fully saturated rings. The van der Waals surface area contributed by atoms with E-state index in [0.717, 1.165) is 23.1 Å². The molecule has 0 amide bonds. The fourth-order valence-corrected chi connectivity index (χ4v) is 5.57. The van der Waals surface area contributed by atoms with Crippen LogP contribution in [0.5, 0.6) is 0 Å². The SMILES string of the molecule is Cc1nnc(CN2CCCC(c3nc4c(s3)CCCC4)C2)s1. The molecule has 22 heavy (non-hydrogen) atoms. The molecule has 1 atom stereocenters. The minimum atomic E-state index is 0.623. The van der Waals surface area contributed by atoms with Crippen molar-refractivity contribution in [3.05, 3.63) is 25.6 Å². The van der Waals surface area contributed by atoms with Crippen molar-refractivity contribution in [1.29, 1.82) is 0 Å². The van der Waals surface area contributed by atoms with E-state index in [2.05, 4.69) is 15.1 Å². The molecule has 0 aromatic carbocycles. The van der Waals surface area contributed by atoms with Crippen LogP contribution in [0.15, 0.2) is 0 Å². The zero-order valence-electron chi connectivity index (χ0n) is 13.0. The number of hydrogen-bond donors (Lipinski definition) is 0. The van der Waals surface area contributed by atoms with Gasteiger partial charge in [-0.3, -0.25) is 4.90 Å². The van der Waals surface area contributed by atoms with Gasteiger partial charge in [0.15, 0.2) is 0 Å². The van der Waals surface area contributed by atoms with E-state index in [1.165, 1.54) is 55.8 Å². The Morgan fingerprint density at radius 3 is 2.86 bits per heavy atom. The van der Waals surface area contributed by atoms with Gasteiger partial charge in [0.05, 0.1) is 17.2 Å². The molecule has 0 radical (unpaired) electrons. The molecule has 1 aliphatic carbocycles. The highest BCUT2D eigenvalue weighted by Gasteiger charge is 2.26. The predicted octanol–water partition coefficient (Wildman–Crippen LogP) is 3.56. The van der Waals surface area contributed by atoms with Gasteiger partial charge in [0.25, 0.3) is 0 Å². The average molecular weight is 335 g/mol. The van der Waals surface area contributed by atoms with Crippen LogP contribution in [0.25, 0.3) is 0 Å². The monoisotopic (exact) mass is 334 g/mol. The minimum absolute atomic E-state index is 0.623. The van der Waals surface area contributed by atoms with E-state index in [1.807, 2.05) is 18.3 Å². The van der Waals surface area contributed by atoms with Crippen molar-refractivity contribution < 1.29 is 0 Å². The maximum absolute atomic E-state index is 4.99. The van der Waals surface area contributed by atoms with Crippen LogP contribution in [0.2, 0.25) is 0 Å². The summed E-state index contributed by atoms with van der Waals surface area (Å²) in [6.45, 7) is 5.29. The van der Waals surface area contributed by atoms with Crippen molar-refractivity contribution in [2.75, 3.05) is 13.1 Å². The summed E-state index contributed by atoms with van der Waals surface area (Å²) in [6, 6.07) is 0. The first-order chi connectivity index (χ1) is 10.8. The standard InChI is InChI=1S/C16H22N4S2/c1-11-18-19-15(21-11)10-20-8-4-5-12(9-20)16-17-13-6-2-3-7-14(13)22-16/h12H,2-10H2,1H3. The Hall–Kier alpha value is -0.850. The van der Waals surface area contributed by atoms with Crippen molar-refractivity contribution in [3.63, 3.8) is 0 Å². The molecule has 6 heteroatoms. The summed E-state index contributed by atoms with van der Waals surface area (Å²) >= 11 is 3.71. The normalized spacial score (nSPS) is 22.7. The molecule has 118 valence electrons.